The normalized spacial score (nSPS) is 10.5. The summed E-state index contributed by atoms with van der Waals surface area (Å²) in [5, 5.41) is 18.9. The van der Waals surface area contributed by atoms with Crippen molar-refractivity contribution < 1.29 is 15.0 Å². The van der Waals surface area contributed by atoms with Crippen LogP contribution < -0.4 is 0 Å². The van der Waals surface area contributed by atoms with Gasteiger partial charge in [-0.25, -0.2) is 4.79 Å². The summed E-state index contributed by atoms with van der Waals surface area (Å²) in [4.78, 5) is 11.0. The number of allylic oxidation sites excluding steroid dienone is 1. The molecule has 1 aromatic carbocycles. The largest absolute Gasteiger partial charge is 0.507 e. The molecule has 1 aromatic rings. The summed E-state index contributed by atoms with van der Waals surface area (Å²) in [6, 6.07) is 3.24. The first-order valence-corrected chi connectivity index (χ1v) is 5.00. The molecule has 1 rings (SSSR count). The van der Waals surface area contributed by atoms with Gasteiger partial charge in [-0.05, 0) is 18.6 Å². The van der Waals surface area contributed by atoms with E-state index in [-0.39, 0.29) is 18.7 Å². The highest BCUT2D eigenvalue weighted by Gasteiger charge is 2.24. The second-order valence-corrected chi connectivity index (χ2v) is 4.44. The van der Waals surface area contributed by atoms with E-state index in [0.29, 0.717) is 5.56 Å². The number of rotatable bonds is 3. The van der Waals surface area contributed by atoms with Gasteiger partial charge in [0.1, 0.15) is 11.3 Å². The summed E-state index contributed by atoms with van der Waals surface area (Å²) >= 11 is 0. The zero-order valence-corrected chi connectivity index (χ0v) is 9.74. The number of carboxylic acid groups (broad SMARTS) is 1. The van der Waals surface area contributed by atoms with Crippen molar-refractivity contribution in [1.82, 2.24) is 0 Å². The van der Waals surface area contributed by atoms with Crippen LogP contribution in [0.5, 0.6) is 5.75 Å². The van der Waals surface area contributed by atoms with Gasteiger partial charge in [0.2, 0.25) is 0 Å². The van der Waals surface area contributed by atoms with E-state index in [4.69, 9.17) is 5.11 Å². The molecular formula is C14H20O3. The van der Waals surface area contributed by atoms with Crippen LogP contribution in [0.2, 0.25) is 0 Å². The lowest BCUT2D eigenvalue weighted by molar-refractivity contribution is 0.0693. The topological polar surface area (TPSA) is 57.5 Å². The fourth-order valence-corrected chi connectivity index (χ4v) is 1.54. The van der Waals surface area contributed by atoms with Crippen LogP contribution in [0.25, 0.3) is 0 Å². The Morgan fingerprint density at radius 1 is 1.41 bits per heavy atom. The minimum absolute atomic E-state index is 0. The number of aromatic carboxylic acids is 1. The standard InChI is InChI=1S/C13H16O3.CH4/c1-5-13(3,4)10-7-8(2)6-9(11(10)14)12(15)16;/h5-7,14H,1H2,2-4H3,(H,15,16);1H4. The molecule has 0 saturated heterocycles. The third kappa shape index (κ3) is 2.87. The van der Waals surface area contributed by atoms with Crippen molar-refractivity contribution in [3.8, 4) is 5.75 Å². The maximum absolute atomic E-state index is 11.0. The first-order chi connectivity index (χ1) is 7.29. The van der Waals surface area contributed by atoms with Crippen LogP contribution in [0.4, 0.5) is 0 Å². The molecule has 0 heterocycles. The van der Waals surface area contributed by atoms with Gasteiger partial charge in [-0.1, -0.05) is 33.4 Å². The van der Waals surface area contributed by atoms with Crippen molar-refractivity contribution in [3.63, 3.8) is 0 Å². The van der Waals surface area contributed by atoms with Crippen molar-refractivity contribution in [2.45, 2.75) is 33.6 Å². The lowest BCUT2D eigenvalue weighted by Gasteiger charge is -2.23. The molecule has 2 N–H and O–H groups in total. The smallest absolute Gasteiger partial charge is 0.339 e. The van der Waals surface area contributed by atoms with Gasteiger partial charge in [0, 0.05) is 11.0 Å². The zero-order chi connectivity index (χ0) is 12.5. The maximum Gasteiger partial charge on any atom is 0.339 e. The maximum atomic E-state index is 11.0. The summed E-state index contributed by atoms with van der Waals surface area (Å²) in [6.45, 7) is 9.25. The molecule has 0 bridgehead atoms. The number of aryl methyl sites for hydroxylation is 1. The van der Waals surface area contributed by atoms with Gasteiger partial charge in [0.15, 0.2) is 0 Å². The molecule has 0 amide bonds. The molecule has 0 fully saturated rings. The molecule has 0 spiro atoms. The second kappa shape index (κ2) is 5.04. The number of hydrogen-bond acceptors (Lipinski definition) is 2. The van der Waals surface area contributed by atoms with Crippen LogP contribution in [0.3, 0.4) is 0 Å². The van der Waals surface area contributed by atoms with E-state index >= 15 is 0 Å². The van der Waals surface area contributed by atoms with E-state index in [9.17, 15) is 9.90 Å². The van der Waals surface area contributed by atoms with Gasteiger partial charge >= 0.3 is 5.97 Å². The van der Waals surface area contributed by atoms with Gasteiger partial charge in [-0.2, -0.15) is 0 Å². The number of carbonyl (C=O) groups is 1. The SMILES string of the molecule is C.C=CC(C)(C)c1cc(C)cc(C(=O)O)c1O. The van der Waals surface area contributed by atoms with Gasteiger partial charge < -0.3 is 10.2 Å². The van der Waals surface area contributed by atoms with Gasteiger partial charge in [-0.3, -0.25) is 0 Å². The molecule has 3 heteroatoms. The number of carboxylic acids is 1. The Balaban J connectivity index is 0.00000256. The van der Waals surface area contributed by atoms with Crippen molar-refractivity contribution in [3.05, 3.63) is 41.5 Å². The van der Waals surface area contributed by atoms with Gasteiger partial charge in [0.05, 0.1) is 0 Å². The Morgan fingerprint density at radius 2 is 1.94 bits per heavy atom. The van der Waals surface area contributed by atoms with Gasteiger partial charge in [-0.15, -0.1) is 6.58 Å². The monoisotopic (exact) mass is 236 g/mol. The third-order valence-electron chi connectivity index (χ3n) is 2.69. The highest BCUT2D eigenvalue weighted by molar-refractivity contribution is 5.91. The molecule has 0 radical (unpaired) electrons. The van der Waals surface area contributed by atoms with Crippen molar-refractivity contribution in [1.29, 1.82) is 0 Å². The summed E-state index contributed by atoms with van der Waals surface area (Å²) < 4.78 is 0. The average molecular weight is 236 g/mol. The Labute approximate surface area is 102 Å². The molecular weight excluding hydrogens is 216 g/mol. The van der Waals surface area contributed by atoms with E-state index in [1.807, 2.05) is 13.8 Å². The summed E-state index contributed by atoms with van der Waals surface area (Å²) in [5.74, 6) is -1.30. The third-order valence-corrected chi connectivity index (χ3v) is 2.69. The number of aromatic hydroxyl groups is 1. The molecule has 0 unspecified atom stereocenters. The zero-order valence-electron chi connectivity index (χ0n) is 9.74. The van der Waals surface area contributed by atoms with Crippen molar-refractivity contribution >= 4 is 5.97 Å². The molecule has 0 aliphatic carbocycles. The fraction of sp³-hybridized carbons (Fsp3) is 0.357. The molecule has 0 aliphatic heterocycles. The minimum Gasteiger partial charge on any atom is -0.507 e. The minimum atomic E-state index is -1.12. The first kappa shape index (κ1) is 15.2. The van der Waals surface area contributed by atoms with Crippen molar-refractivity contribution in [2.75, 3.05) is 0 Å². The molecule has 3 nitrogen and oxygen atoms in total. The first-order valence-electron chi connectivity index (χ1n) is 5.00. The van der Waals surface area contributed by atoms with Gasteiger partial charge in [0.25, 0.3) is 0 Å². The van der Waals surface area contributed by atoms with E-state index in [2.05, 4.69) is 6.58 Å². The second-order valence-electron chi connectivity index (χ2n) is 4.44. The quantitative estimate of drug-likeness (QED) is 0.790. The number of benzene rings is 1. The predicted octanol–water partition coefficient (Wildman–Crippen LogP) is 3.50. The van der Waals surface area contributed by atoms with Crippen LogP contribution >= 0.6 is 0 Å². The van der Waals surface area contributed by atoms with Crippen LogP contribution in [-0.4, -0.2) is 16.2 Å². The molecule has 0 saturated carbocycles. The van der Waals surface area contributed by atoms with E-state index in [1.165, 1.54) is 6.07 Å². The Kier molecular flexibility index (Phi) is 4.52. The van der Waals surface area contributed by atoms with E-state index in [1.54, 1.807) is 19.1 Å². The number of phenols is 1. The van der Waals surface area contributed by atoms with E-state index in [0.717, 1.165) is 5.56 Å². The highest BCUT2D eigenvalue weighted by Crippen LogP contribution is 2.35. The molecule has 0 aliphatic rings. The van der Waals surface area contributed by atoms with E-state index < -0.39 is 11.4 Å². The lowest BCUT2D eigenvalue weighted by Crippen LogP contribution is -2.15. The predicted molar refractivity (Wildman–Crippen MR) is 69.8 cm³/mol. The van der Waals surface area contributed by atoms with Crippen LogP contribution in [0, 0.1) is 6.92 Å². The fourth-order valence-electron chi connectivity index (χ4n) is 1.54. The van der Waals surface area contributed by atoms with Crippen LogP contribution in [0.15, 0.2) is 24.8 Å². The van der Waals surface area contributed by atoms with Crippen molar-refractivity contribution in [2.24, 2.45) is 0 Å². The summed E-state index contributed by atoms with van der Waals surface area (Å²) in [5.41, 5.74) is 0.866. The molecule has 94 valence electrons. The number of hydrogen-bond donors (Lipinski definition) is 2. The van der Waals surface area contributed by atoms with Crippen LogP contribution in [0.1, 0.15) is 42.8 Å². The Bertz CT molecular complexity index is 445. The molecule has 17 heavy (non-hydrogen) atoms. The Morgan fingerprint density at radius 3 is 2.35 bits per heavy atom. The highest BCUT2D eigenvalue weighted by atomic mass is 16.4. The summed E-state index contributed by atoms with van der Waals surface area (Å²) in [7, 11) is 0. The molecule has 0 atom stereocenters. The van der Waals surface area contributed by atoms with Crippen LogP contribution in [-0.2, 0) is 5.41 Å². The molecule has 0 aromatic heterocycles. The summed E-state index contributed by atoms with van der Waals surface area (Å²) in [6.07, 6.45) is 1.69. The average Bonchev–Trinajstić information content (AvgIpc) is 2.20. The Hall–Kier alpha value is -1.77. The lowest BCUT2D eigenvalue weighted by atomic mass is 9.82.